The molecule has 0 unspecified atom stereocenters. The third-order valence-corrected chi connectivity index (χ3v) is 6.17. The van der Waals surface area contributed by atoms with Crippen molar-refractivity contribution in [2.45, 2.75) is 39.0 Å². The van der Waals surface area contributed by atoms with Gasteiger partial charge in [0.2, 0.25) is 0 Å². The Kier molecular flexibility index (Phi) is 4.17. The van der Waals surface area contributed by atoms with Crippen molar-refractivity contribution in [3.8, 4) is 5.75 Å². The summed E-state index contributed by atoms with van der Waals surface area (Å²) in [7, 11) is 1.65. The topological polar surface area (TPSA) is 53.6 Å². The van der Waals surface area contributed by atoms with Crippen LogP contribution in [-0.4, -0.2) is 30.5 Å². The normalized spacial score (nSPS) is 19.8. The van der Waals surface area contributed by atoms with Crippen molar-refractivity contribution in [3.05, 3.63) is 45.8 Å². The Labute approximate surface area is 152 Å². The lowest BCUT2D eigenvalue weighted by atomic mass is 9.99. The molecule has 132 valence electrons. The van der Waals surface area contributed by atoms with Gasteiger partial charge >= 0.3 is 0 Å². The summed E-state index contributed by atoms with van der Waals surface area (Å²) in [5.74, 6) is 0.814. The zero-order valence-corrected chi connectivity index (χ0v) is 15.6. The number of amides is 1. The summed E-state index contributed by atoms with van der Waals surface area (Å²) in [6.07, 6.45) is 0.717. The molecular weight excluding hydrogens is 334 g/mol. The number of ether oxygens (including phenoxy) is 1. The Bertz CT molecular complexity index is 815. The first-order valence-corrected chi connectivity index (χ1v) is 9.48. The fraction of sp³-hybridized carbons (Fsp3) is 0.421. The van der Waals surface area contributed by atoms with Gasteiger partial charge in [-0.25, -0.2) is 0 Å². The van der Waals surface area contributed by atoms with Crippen LogP contribution in [-0.2, 0) is 13.0 Å². The van der Waals surface area contributed by atoms with E-state index in [1.165, 1.54) is 10.4 Å². The molecule has 2 N–H and O–H groups in total. The predicted octanol–water partition coefficient (Wildman–Crippen LogP) is 3.38. The van der Waals surface area contributed by atoms with Crippen LogP contribution >= 0.6 is 11.3 Å². The van der Waals surface area contributed by atoms with E-state index in [1.807, 2.05) is 24.3 Å². The summed E-state index contributed by atoms with van der Waals surface area (Å²) < 4.78 is 5.30. The quantitative estimate of drug-likeness (QED) is 0.884. The van der Waals surface area contributed by atoms with Crippen molar-refractivity contribution in [3.63, 3.8) is 0 Å². The van der Waals surface area contributed by atoms with Crippen LogP contribution in [0.1, 0.15) is 46.4 Å². The van der Waals surface area contributed by atoms with E-state index < -0.39 is 0 Å². The van der Waals surface area contributed by atoms with Gasteiger partial charge in [-0.3, -0.25) is 9.69 Å². The number of methoxy groups -OCH3 is 1. The van der Waals surface area contributed by atoms with Crippen molar-refractivity contribution in [2.24, 2.45) is 0 Å². The van der Waals surface area contributed by atoms with Gasteiger partial charge in [-0.1, -0.05) is 12.1 Å². The first-order valence-electron chi connectivity index (χ1n) is 8.66. The van der Waals surface area contributed by atoms with Gasteiger partial charge in [-0.05, 0) is 43.5 Å². The number of hydrogen-bond acceptors (Lipinski definition) is 5. The zero-order chi connectivity index (χ0) is 17.6. The van der Waals surface area contributed by atoms with Crippen LogP contribution < -0.4 is 15.4 Å². The van der Waals surface area contributed by atoms with Crippen LogP contribution in [0.15, 0.2) is 24.3 Å². The van der Waals surface area contributed by atoms with Crippen LogP contribution in [0.25, 0.3) is 0 Å². The molecule has 1 aromatic carbocycles. The van der Waals surface area contributed by atoms with Crippen LogP contribution in [0.2, 0.25) is 0 Å². The Morgan fingerprint density at radius 3 is 2.92 bits per heavy atom. The summed E-state index contributed by atoms with van der Waals surface area (Å²) in [5.41, 5.74) is 3.07. The minimum absolute atomic E-state index is 0.0251. The van der Waals surface area contributed by atoms with E-state index in [2.05, 4.69) is 29.4 Å². The Hall–Kier alpha value is -2.05. The summed E-state index contributed by atoms with van der Waals surface area (Å²) >= 11 is 1.73. The van der Waals surface area contributed by atoms with E-state index >= 15 is 0 Å². The van der Waals surface area contributed by atoms with Crippen molar-refractivity contribution in [2.75, 3.05) is 19.0 Å². The molecule has 0 aliphatic carbocycles. The standard InChI is InChI=1S/C19H23N3O2S/c1-11(2)22-8-7-14-15(10-22)25-19-16(14)18(23)20-17(21-19)12-5-4-6-13(9-12)24-3/h4-6,9,11,17,21H,7-8,10H2,1-3H3,(H,20,23)/t17-/m0/s1. The van der Waals surface area contributed by atoms with Crippen LogP contribution in [0.4, 0.5) is 5.00 Å². The Morgan fingerprint density at radius 2 is 2.16 bits per heavy atom. The second kappa shape index (κ2) is 6.35. The molecule has 0 spiro atoms. The average Bonchev–Trinajstić information content (AvgIpc) is 2.99. The zero-order valence-electron chi connectivity index (χ0n) is 14.8. The van der Waals surface area contributed by atoms with Gasteiger partial charge < -0.3 is 15.4 Å². The molecule has 1 aromatic heterocycles. The number of rotatable bonds is 3. The molecule has 0 saturated heterocycles. The molecule has 1 amide bonds. The molecule has 0 fully saturated rings. The van der Waals surface area contributed by atoms with Gasteiger partial charge in [0, 0.05) is 24.0 Å². The molecule has 6 heteroatoms. The van der Waals surface area contributed by atoms with Crippen LogP contribution in [0.5, 0.6) is 5.75 Å². The molecule has 2 aromatic rings. The van der Waals surface area contributed by atoms with Crippen molar-refractivity contribution >= 4 is 22.2 Å². The summed E-state index contributed by atoms with van der Waals surface area (Å²) in [4.78, 5) is 16.6. The molecule has 0 saturated carbocycles. The number of nitrogens with one attached hydrogen (secondary N) is 2. The highest BCUT2D eigenvalue weighted by atomic mass is 32.1. The number of fused-ring (bicyclic) bond motifs is 3. The van der Waals surface area contributed by atoms with Gasteiger partial charge in [0.25, 0.3) is 5.91 Å². The lowest BCUT2D eigenvalue weighted by molar-refractivity contribution is 0.0934. The summed E-state index contributed by atoms with van der Waals surface area (Å²) in [6, 6.07) is 8.33. The number of thiophene rings is 1. The first-order chi connectivity index (χ1) is 12.1. The maximum absolute atomic E-state index is 12.8. The Morgan fingerprint density at radius 1 is 1.32 bits per heavy atom. The molecule has 5 nitrogen and oxygen atoms in total. The second-order valence-electron chi connectivity index (χ2n) is 6.85. The maximum atomic E-state index is 12.8. The molecule has 1 atom stereocenters. The lowest BCUT2D eigenvalue weighted by Crippen LogP contribution is -2.39. The highest BCUT2D eigenvalue weighted by molar-refractivity contribution is 7.16. The van der Waals surface area contributed by atoms with Crippen LogP contribution in [0, 0.1) is 0 Å². The smallest absolute Gasteiger partial charge is 0.256 e. The van der Waals surface area contributed by atoms with Crippen molar-refractivity contribution in [1.82, 2.24) is 10.2 Å². The SMILES string of the molecule is COc1cccc([C@H]2NC(=O)c3c(sc4c3CCN(C(C)C)C4)N2)c1. The lowest BCUT2D eigenvalue weighted by Gasteiger charge is -2.31. The minimum atomic E-state index is -0.226. The minimum Gasteiger partial charge on any atom is -0.497 e. The van der Waals surface area contributed by atoms with Gasteiger partial charge in [-0.2, -0.15) is 0 Å². The third kappa shape index (κ3) is 2.89. The average molecular weight is 357 g/mol. The number of nitrogens with zero attached hydrogens (tertiary/aromatic N) is 1. The summed E-state index contributed by atoms with van der Waals surface area (Å²) in [6.45, 7) is 6.40. The van der Waals surface area contributed by atoms with E-state index in [1.54, 1.807) is 18.4 Å². The van der Waals surface area contributed by atoms with E-state index in [-0.39, 0.29) is 12.1 Å². The van der Waals surface area contributed by atoms with Gasteiger partial charge in [0.15, 0.2) is 0 Å². The second-order valence-corrected chi connectivity index (χ2v) is 7.95. The molecule has 0 bridgehead atoms. The fourth-order valence-electron chi connectivity index (χ4n) is 3.56. The Balaban J connectivity index is 1.64. The molecule has 0 radical (unpaired) electrons. The highest BCUT2D eigenvalue weighted by Crippen LogP contribution is 2.41. The molecule has 25 heavy (non-hydrogen) atoms. The van der Waals surface area contributed by atoms with Gasteiger partial charge in [0.1, 0.15) is 16.9 Å². The number of carbonyl (C=O) groups is 1. The number of carbonyl (C=O) groups excluding carboxylic acids is 1. The monoisotopic (exact) mass is 357 g/mol. The van der Waals surface area contributed by atoms with E-state index in [9.17, 15) is 4.79 Å². The number of hydrogen-bond donors (Lipinski definition) is 2. The van der Waals surface area contributed by atoms with E-state index in [0.717, 1.165) is 41.4 Å². The molecular formula is C19H23N3O2S. The third-order valence-electron chi connectivity index (χ3n) is 5.02. The molecule has 3 heterocycles. The summed E-state index contributed by atoms with van der Waals surface area (Å²) in [5, 5.41) is 7.60. The molecule has 2 aliphatic rings. The first kappa shape index (κ1) is 16.4. The van der Waals surface area contributed by atoms with Gasteiger partial charge in [0.05, 0.1) is 12.7 Å². The number of anilines is 1. The van der Waals surface area contributed by atoms with Gasteiger partial charge in [-0.15, -0.1) is 11.3 Å². The largest absolute Gasteiger partial charge is 0.497 e. The molecule has 2 aliphatic heterocycles. The van der Waals surface area contributed by atoms with E-state index in [0.29, 0.717) is 6.04 Å². The fourth-order valence-corrected chi connectivity index (χ4v) is 4.86. The highest BCUT2D eigenvalue weighted by Gasteiger charge is 2.33. The van der Waals surface area contributed by atoms with Crippen molar-refractivity contribution in [1.29, 1.82) is 0 Å². The van der Waals surface area contributed by atoms with E-state index in [4.69, 9.17) is 4.74 Å². The molecule has 4 rings (SSSR count). The van der Waals surface area contributed by atoms with Crippen molar-refractivity contribution < 1.29 is 9.53 Å². The van der Waals surface area contributed by atoms with Crippen LogP contribution in [0.3, 0.4) is 0 Å². The predicted molar refractivity (Wildman–Crippen MR) is 100 cm³/mol. The number of benzene rings is 1. The maximum Gasteiger partial charge on any atom is 0.256 e.